The lowest BCUT2D eigenvalue weighted by atomic mass is 10.1. The maximum Gasteiger partial charge on any atom is 0.138 e. The first-order valence-electron chi connectivity index (χ1n) is 4.90. The highest BCUT2D eigenvalue weighted by atomic mass is 32.1. The summed E-state index contributed by atoms with van der Waals surface area (Å²) >= 11 is 4.15. The smallest absolute Gasteiger partial charge is 0.138 e. The van der Waals surface area contributed by atoms with E-state index in [2.05, 4.69) is 22.6 Å². The first-order valence-corrected chi connectivity index (χ1v) is 5.53. The second-order valence-corrected chi connectivity index (χ2v) is 3.79. The van der Waals surface area contributed by atoms with Crippen molar-refractivity contribution in [2.75, 3.05) is 0 Å². The van der Waals surface area contributed by atoms with Gasteiger partial charge in [0.1, 0.15) is 11.6 Å². The predicted molar refractivity (Wildman–Crippen MR) is 64.9 cm³/mol. The quantitative estimate of drug-likeness (QED) is 0.808. The zero-order valence-corrected chi connectivity index (χ0v) is 9.71. The molecule has 16 heavy (non-hydrogen) atoms. The third-order valence-corrected chi connectivity index (χ3v) is 2.46. The van der Waals surface area contributed by atoms with Gasteiger partial charge < -0.3 is 0 Å². The summed E-state index contributed by atoms with van der Waals surface area (Å²) in [6, 6.07) is 8.14. The molecule has 0 aliphatic heterocycles. The van der Waals surface area contributed by atoms with Crippen molar-refractivity contribution in [1.82, 2.24) is 9.97 Å². The van der Waals surface area contributed by atoms with Crippen LogP contribution in [-0.4, -0.2) is 9.97 Å². The average Bonchev–Trinajstić information content (AvgIpc) is 2.29. The fourth-order valence-electron chi connectivity index (χ4n) is 1.47. The standard InChI is InChI=1S/C12H11FN2S/c1-8-6-11(15-12(7-16)14-8)9-2-4-10(13)5-3-9/h2-6,16H,7H2,1H3. The first-order chi connectivity index (χ1) is 7.69. The molecule has 0 amide bonds. The van der Waals surface area contributed by atoms with Crippen molar-refractivity contribution in [1.29, 1.82) is 0 Å². The third-order valence-electron chi connectivity index (χ3n) is 2.18. The topological polar surface area (TPSA) is 25.8 Å². The minimum Gasteiger partial charge on any atom is -0.237 e. The van der Waals surface area contributed by atoms with Crippen LogP contribution >= 0.6 is 12.6 Å². The van der Waals surface area contributed by atoms with Gasteiger partial charge in [-0.1, -0.05) is 0 Å². The van der Waals surface area contributed by atoms with Gasteiger partial charge in [0.15, 0.2) is 0 Å². The Balaban J connectivity index is 2.47. The number of aryl methyl sites for hydroxylation is 1. The van der Waals surface area contributed by atoms with Gasteiger partial charge in [0.25, 0.3) is 0 Å². The molecule has 2 aromatic rings. The number of hydrogen-bond acceptors (Lipinski definition) is 3. The molecule has 0 radical (unpaired) electrons. The Morgan fingerprint density at radius 3 is 2.50 bits per heavy atom. The summed E-state index contributed by atoms with van der Waals surface area (Å²) in [6.07, 6.45) is 0. The monoisotopic (exact) mass is 234 g/mol. The van der Waals surface area contributed by atoms with Crippen molar-refractivity contribution in [3.63, 3.8) is 0 Å². The number of benzene rings is 1. The zero-order chi connectivity index (χ0) is 11.5. The van der Waals surface area contributed by atoms with Crippen LogP contribution in [0.15, 0.2) is 30.3 Å². The molecule has 1 aromatic heterocycles. The van der Waals surface area contributed by atoms with Crippen LogP contribution < -0.4 is 0 Å². The summed E-state index contributed by atoms with van der Waals surface area (Å²) in [5.41, 5.74) is 2.57. The minimum atomic E-state index is -0.246. The maximum absolute atomic E-state index is 12.8. The van der Waals surface area contributed by atoms with Gasteiger partial charge in [-0.2, -0.15) is 12.6 Å². The van der Waals surface area contributed by atoms with Gasteiger partial charge in [-0.05, 0) is 37.3 Å². The van der Waals surface area contributed by atoms with E-state index in [4.69, 9.17) is 0 Å². The van der Waals surface area contributed by atoms with Crippen molar-refractivity contribution < 1.29 is 4.39 Å². The van der Waals surface area contributed by atoms with Gasteiger partial charge in [0, 0.05) is 11.3 Å². The third kappa shape index (κ3) is 2.39. The Labute approximate surface area is 99.0 Å². The van der Waals surface area contributed by atoms with Crippen LogP contribution in [0.4, 0.5) is 4.39 Å². The Hall–Kier alpha value is -1.42. The van der Waals surface area contributed by atoms with E-state index >= 15 is 0 Å². The van der Waals surface area contributed by atoms with Crippen molar-refractivity contribution in [3.8, 4) is 11.3 Å². The molecule has 2 rings (SSSR count). The molecule has 0 fully saturated rings. The lowest BCUT2D eigenvalue weighted by molar-refractivity contribution is 0.628. The van der Waals surface area contributed by atoms with E-state index in [0.29, 0.717) is 11.6 Å². The van der Waals surface area contributed by atoms with Gasteiger partial charge in [-0.15, -0.1) is 0 Å². The van der Waals surface area contributed by atoms with Crippen molar-refractivity contribution in [3.05, 3.63) is 47.7 Å². The number of nitrogens with zero attached hydrogens (tertiary/aromatic N) is 2. The van der Waals surface area contributed by atoms with E-state index in [1.54, 1.807) is 12.1 Å². The second-order valence-electron chi connectivity index (χ2n) is 3.48. The summed E-state index contributed by atoms with van der Waals surface area (Å²) < 4.78 is 12.8. The molecular formula is C12H11FN2S. The SMILES string of the molecule is Cc1cc(-c2ccc(F)cc2)nc(CS)n1. The molecule has 82 valence electrons. The minimum absolute atomic E-state index is 0.246. The number of thiol groups is 1. The van der Waals surface area contributed by atoms with E-state index in [-0.39, 0.29) is 5.82 Å². The Morgan fingerprint density at radius 2 is 1.88 bits per heavy atom. The lowest BCUT2D eigenvalue weighted by Crippen LogP contribution is -1.96. The molecule has 1 aromatic carbocycles. The molecule has 0 atom stereocenters. The first kappa shape index (κ1) is 11.1. The number of aromatic nitrogens is 2. The molecule has 2 nitrogen and oxygen atoms in total. The fraction of sp³-hybridized carbons (Fsp3) is 0.167. The number of hydrogen-bond donors (Lipinski definition) is 1. The Kier molecular flexibility index (Phi) is 3.19. The van der Waals surface area contributed by atoms with Crippen LogP contribution in [-0.2, 0) is 5.75 Å². The van der Waals surface area contributed by atoms with Gasteiger partial charge in [0.05, 0.1) is 11.4 Å². The van der Waals surface area contributed by atoms with Crippen molar-refractivity contribution >= 4 is 12.6 Å². The largest absolute Gasteiger partial charge is 0.237 e. The molecule has 1 heterocycles. The molecule has 0 saturated carbocycles. The zero-order valence-electron chi connectivity index (χ0n) is 8.81. The molecule has 0 saturated heterocycles. The predicted octanol–water partition coefficient (Wildman–Crippen LogP) is 3.02. The highest BCUT2D eigenvalue weighted by Crippen LogP contribution is 2.18. The number of rotatable bonds is 2. The maximum atomic E-state index is 12.8. The average molecular weight is 234 g/mol. The van der Waals surface area contributed by atoms with Gasteiger partial charge in [-0.25, -0.2) is 14.4 Å². The fourth-order valence-corrected chi connectivity index (χ4v) is 1.61. The molecule has 0 bridgehead atoms. The van der Waals surface area contributed by atoms with Crippen LogP contribution in [0.5, 0.6) is 0 Å². The molecular weight excluding hydrogens is 223 g/mol. The summed E-state index contributed by atoms with van der Waals surface area (Å²) in [6.45, 7) is 1.90. The summed E-state index contributed by atoms with van der Waals surface area (Å²) in [4.78, 5) is 8.58. The second kappa shape index (κ2) is 4.61. The van der Waals surface area contributed by atoms with Crippen LogP contribution in [0.2, 0.25) is 0 Å². The molecule has 0 spiro atoms. The van der Waals surface area contributed by atoms with E-state index in [9.17, 15) is 4.39 Å². The van der Waals surface area contributed by atoms with E-state index in [1.165, 1.54) is 12.1 Å². The van der Waals surface area contributed by atoms with Gasteiger partial charge in [0.2, 0.25) is 0 Å². The van der Waals surface area contributed by atoms with Crippen LogP contribution in [0, 0.1) is 12.7 Å². The van der Waals surface area contributed by atoms with Gasteiger partial charge in [-0.3, -0.25) is 0 Å². The highest BCUT2D eigenvalue weighted by molar-refractivity contribution is 7.79. The normalized spacial score (nSPS) is 10.4. The molecule has 0 N–H and O–H groups in total. The summed E-state index contributed by atoms with van der Waals surface area (Å²) in [7, 11) is 0. The van der Waals surface area contributed by atoms with Gasteiger partial charge >= 0.3 is 0 Å². The molecule has 0 unspecified atom stereocenters. The molecule has 4 heteroatoms. The van der Waals surface area contributed by atoms with Crippen LogP contribution in [0.3, 0.4) is 0 Å². The van der Waals surface area contributed by atoms with Crippen LogP contribution in [0.25, 0.3) is 11.3 Å². The van der Waals surface area contributed by atoms with Crippen LogP contribution in [0.1, 0.15) is 11.5 Å². The highest BCUT2D eigenvalue weighted by Gasteiger charge is 2.03. The lowest BCUT2D eigenvalue weighted by Gasteiger charge is -2.04. The Bertz CT molecular complexity index is 497. The van der Waals surface area contributed by atoms with E-state index < -0.39 is 0 Å². The Morgan fingerprint density at radius 1 is 1.19 bits per heavy atom. The summed E-state index contributed by atoms with van der Waals surface area (Å²) in [5, 5.41) is 0. The number of halogens is 1. The summed E-state index contributed by atoms with van der Waals surface area (Å²) in [5.74, 6) is 0.933. The van der Waals surface area contributed by atoms with E-state index in [0.717, 1.165) is 17.0 Å². The molecule has 0 aliphatic rings. The van der Waals surface area contributed by atoms with Crippen molar-refractivity contribution in [2.45, 2.75) is 12.7 Å². The molecule has 0 aliphatic carbocycles. The van der Waals surface area contributed by atoms with E-state index in [1.807, 2.05) is 13.0 Å². The van der Waals surface area contributed by atoms with Crippen molar-refractivity contribution in [2.24, 2.45) is 0 Å².